The van der Waals surface area contributed by atoms with E-state index in [1.165, 1.54) is 17.0 Å². The zero-order valence-corrected chi connectivity index (χ0v) is 18.8. The molecular formula is C28H23N3O4. The van der Waals surface area contributed by atoms with E-state index in [0.29, 0.717) is 17.5 Å². The van der Waals surface area contributed by atoms with Crippen molar-refractivity contribution >= 4 is 28.6 Å². The summed E-state index contributed by atoms with van der Waals surface area (Å²) in [5.41, 5.74) is 2.95. The molecule has 0 radical (unpaired) electrons. The van der Waals surface area contributed by atoms with Gasteiger partial charge in [-0.2, -0.15) is 0 Å². The second-order valence-corrected chi connectivity index (χ2v) is 8.55. The number of imide groups is 1. The maximum atomic E-state index is 14.0. The molecule has 7 heteroatoms. The Labute approximate surface area is 202 Å². The third-order valence-corrected chi connectivity index (χ3v) is 6.44. The average Bonchev–Trinajstić information content (AvgIpc) is 3.14. The van der Waals surface area contributed by atoms with Crippen molar-refractivity contribution in [2.24, 2.45) is 0 Å². The van der Waals surface area contributed by atoms with Crippen LogP contribution in [0.15, 0.2) is 97.1 Å². The van der Waals surface area contributed by atoms with Crippen LogP contribution in [0.5, 0.6) is 0 Å². The summed E-state index contributed by atoms with van der Waals surface area (Å²) in [5.74, 6) is -0.969. The molecule has 1 aliphatic heterocycles. The Morgan fingerprint density at radius 1 is 0.857 bits per heavy atom. The zero-order chi connectivity index (χ0) is 24.4. The van der Waals surface area contributed by atoms with Crippen LogP contribution >= 0.6 is 0 Å². The maximum absolute atomic E-state index is 14.0. The summed E-state index contributed by atoms with van der Waals surface area (Å²) in [6.07, 6.45) is 0.301. The summed E-state index contributed by atoms with van der Waals surface area (Å²) in [7, 11) is 0. The van der Waals surface area contributed by atoms with Gasteiger partial charge in [-0.15, -0.1) is 0 Å². The van der Waals surface area contributed by atoms with Gasteiger partial charge >= 0.3 is 6.03 Å². The van der Waals surface area contributed by atoms with E-state index in [1.54, 1.807) is 17.6 Å². The maximum Gasteiger partial charge on any atom is 0.325 e. The summed E-state index contributed by atoms with van der Waals surface area (Å²) in [6.45, 7) is 0.0514. The topological polar surface area (TPSA) is 98.7 Å². The Kier molecular flexibility index (Phi) is 5.76. The van der Waals surface area contributed by atoms with Crippen LogP contribution in [0.4, 0.5) is 4.79 Å². The molecule has 1 saturated heterocycles. The molecule has 0 saturated carbocycles. The van der Waals surface area contributed by atoms with Gasteiger partial charge < -0.3 is 5.32 Å². The number of fused-ring (bicyclic) bond motifs is 1. The summed E-state index contributed by atoms with van der Waals surface area (Å²) in [6, 6.07) is 29.1. The van der Waals surface area contributed by atoms with Gasteiger partial charge in [-0.1, -0.05) is 84.9 Å². The monoisotopic (exact) mass is 465 g/mol. The number of carbonyl (C=O) groups excluding carboxylic acids is 3. The number of benzene rings is 4. The summed E-state index contributed by atoms with van der Waals surface area (Å²) in [4.78, 5) is 39.9. The van der Waals surface area contributed by atoms with E-state index in [1.807, 2.05) is 72.8 Å². The number of carbonyl (C=O) groups is 3. The molecule has 35 heavy (non-hydrogen) atoms. The summed E-state index contributed by atoms with van der Waals surface area (Å²) < 4.78 is 0. The van der Waals surface area contributed by atoms with Gasteiger partial charge in [0, 0.05) is 12.0 Å². The molecule has 4 amide bonds. The van der Waals surface area contributed by atoms with E-state index in [0.717, 1.165) is 16.3 Å². The Hall–Kier alpha value is -4.49. The van der Waals surface area contributed by atoms with Crippen molar-refractivity contribution in [3.63, 3.8) is 0 Å². The van der Waals surface area contributed by atoms with E-state index in [2.05, 4.69) is 5.32 Å². The van der Waals surface area contributed by atoms with Gasteiger partial charge in [-0.3, -0.25) is 19.7 Å². The third kappa shape index (κ3) is 4.02. The van der Waals surface area contributed by atoms with Crippen molar-refractivity contribution in [1.29, 1.82) is 0 Å². The molecule has 3 N–H and O–H groups in total. The number of urea groups is 1. The van der Waals surface area contributed by atoms with Crippen LogP contribution in [0, 0.1) is 0 Å². The molecule has 5 rings (SSSR count). The molecule has 1 unspecified atom stereocenters. The third-order valence-electron chi connectivity index (χ3n) is 6.44. The molecule has 0 aliphatic carbocycles. The van der Waals surface area contributed by atoms with Gasteiger partial charge in [0.1, 0.15) is 0 Å². The fourth-order valence-corrected chi connectivity index (χ4v) is 4.65. The molecule has 4 aromatic rings. The number of amides is 4. The van der Waals surface area contributed by atoms with Crippen LogP contribution in [0.2, 0.25) is 0 Å². The van der Waals surface area contributed by atoms with Crippen LogP contribution in [0.25, 0.3) is 10.8 Å². The molecule has 1 aliphatic rings. The second-order valence-electron chi connectivity index (χ2n) is 8.55. The van der Waals surface area contributed by atoms with Crippen LogP contribution < -0.4 is 10.8 Å². The van der Waals surface area contributed by atoms with Gasteiger partial charge in [-0.05, 0) is 39.6 Å². The molecule has 7 nitrogen and oxygen atoms in total. The smallest absolute Gasteiger partial charge is 0.319 e. The normalized spacial score (nSPS) is 17.5. The number of nitrogens with zero attached hydrogens (tertiary/aromatic N) is 1. The van der Waals surface area contributed by atoms with Gasteiger partial charge in [0.05, 0.1) is 6.54 Å². The van der Waals surface area contributed by atoms with E-state index in [9.17, 15) is 14.4 Å². The van der Waals surface area contributed by atoms with Crippen molar-refractivity contribution in [3.8, 4) is 0 Å². The molecular weight excluding hydrogens is 442 g/mol. The first-order valence-electron chi connectivity index (χ1n) is 11.2. The van der Waals surface area contributed by atoms with E-state index < -0.39 is 17.5 Å². The molecule has 0 aromatic heterocycles. The van der Waals surface area contributed by atoms with Crippen LogP contribution in [0.3, 0.4) is 0 Å². The lowest BCUT2D eigenvalue weighted by Gasteiger charge is -2.28. The predicted molar refractivity (Wildman–Crippen MR) is 131 cm³/mol. The fourth-order valence-electron chi connectivity index (χ4n) is 4.65. The number of rotatable bonds is 6. The minimum absolute atomic E-state index is 0.0514. The van der Waals surface area contributed by atoms with Crippen LogP contribution in [-0.4, -0.2) is 28.0 Å². The van der Waals surface area contributed by atoms with Crippen molar-refractivity contribution in [3.05, 3.63) is 119 Å². The molecule has 0 spiro atoms. The number of nitrogens with one attached hydrogen (secondary N) is 2. The number of hydrogen-bond donors (Lipinski definition) is 3. The predicted octanol–water partition coefficient (Wildman–Crippen LogP) is 4.15. The van der Waals surface area contributed by atoms with Crippen molar-refractivity contribution < 1.29 is 19.6 Å². The van der Waals surface area contributed by atoms with Crippen molar-refractivity contribution in [2.45, 2.75) is 18.5 Å². The highest BCUT2D eigenvalue weighted by Crippen LogP contribution is 2.35. The lowest BCUT2D eigenvalue weighted by Crippen LogP contribution is -2.46. The van der Waals surface area contributed by atoms with Gasteiger partial charge in [0.25, 0.3) is 11.8 Å². The van der Waals surface area contributed by atoms with Crippen LogP contribution in [-0.2, 0) is 23.3 Å². The quantitative estimate of drug-likeness (QED) is 0.226. The summed E-state index contributed by atoms with van der Waals surface area (Å²) >= 11 is 0. The Morgan fingerprint density at radius 3 is 2.29 bits per heavy atom. The van der Waals surface area contributed by atoms with E-state index in [4.69, 9.17) is 5.21 Å². The van der Waals surface area contributed by atoms with Gasteiger partial charge in [-0.25, -0.2) is 10.3 Å². The van der Waals surface area contributed by atoms with E-state index >= 15 is 0 Å². The van der Waals surface area contributed by atoms with Crippen molar-refractivity contribution in [2.75, 3.05) is 0 Å². The first-order chi connectivity index (χ1) is 17.0. The Bertz CT molecular complexity index is 1410. The van der Waals surface area contributed by atoms with E-state index in [-0.39, 0.29) is 18.0 Å². The molecule has 1 heterocycles. The highest BCUT2D eigenvalue weighted by atomic mass is 16.5. The SMILES string of the molecule is O=C(NO)c1ccc(CN2C(=O)NC(Cc3cccc4ccccc34)(c3ccccc3)C2=O)cc1. The lowest BCUT2D eigenvalue weighted by molar-refractivity contribution is -0.132. The summed E-state index contributed by atoms with van der Waals surface area (Å²) in [5, 5.41) is 13.9. The first-order valence-corrected chi connectivity index (χ1v) is 11.2. The largest absolute Gasteiger partial charge is 0.325 e. The molecule has 1 atom stereocenters. The number of hydroxylamine groups is 1. The molecule has 174 valence electrons. The molecule has 0 bridgehead atoms. The zero-order valence-electron chi connectivity index (χ0n) is 18.8. The standard InChI is InChI=1S/C28H23N3O4/c32-25(30-35)21-15-13-19(14-16-21)18-31-26(33)28(29-27(31)34,23-10-2-1-3-11-23)17-22-9-6-8-20-7-4-5-12-24(20)22/h1-16,35H,17-18H2,(H,29,34)(H,30,32). The second kappa shape index (κ2) is 9.04. The molecule has 4 aromatic carbocycles. The highest BCUT2D eigenvalue weighted by molar-refractivity contribution is 6.08. The van der Waals surface area contributed by atoms with Crippen LogP contribution in [0.1, 0.15) is 27.0 Å². The van der Waals surface area contributed by atoms with Gasteiger partial charge in [0.2, 0.25) is 0 Å². The highest BCUT2D eigenvalue weighted by Gasteiger charge is 2.52. The Balaban J connectivity index is 1.52. The van der Waals surface area contributed by atoms with Gasteiger partial charge in [0.15, 0.2) is 5.54 Å². The average molecular weight is 466 g/mol. The number of hydrogen-bond acceptors (Lipinski definition) is 4. The first kappa shape index (κ1) is 22.3. The lowest BCUT2D eigenvalue weighted by atomic mass is 9.82. The minimum Gasteiger partial charge on any atom is -0.319 e. The fraction of sp³-hybridized carbons (Fsp3) is 0.107. The Morgan fingerprint density at radius 2 is 1.54 bits per heavy atom. The minimum atomic E-state index is -1.25. The molecule has 1 fully saturated rings. The van der Waals surface area contributed by atoms with Crippen molar-refractivity contribution in [1.82, 2.24) is 15.7 Å².